The first-order valence-electron chi connectivity index (χ1n) is 7.31. The average Bonchev–Trinajstić information content (AvgIpc) is 2.89. The van der Waals surface area contributed by atoms with E-state index in [2.05, 4.69) is 15.4 Å². The molecule has 0 aromatic carbocycles. The van der Waals surface area contributed by atoms with Crippen molar-refractivity contribution in [3.63, 3.8) is 0 Å². The lowest BCUT2D eigenvalue weighted by atomic mass is 10.2. The second-order valence-electron chi connectivity index (χ2n) is 5.24. The monoisotopic (exact) mass is 295 g/mol. The Balaban J connectivity index is 2.05. The third-order valence-corrected chi connectivity index (χ3v) is 3.69. The molecule has 7 heteroatoms. The number of aryl methyl sites for hydroxylation is 1. The van der Waals surface area contributed by atoms with Crippen LogP contribution in [-0.4, -0.2) is 40.9 Å². The Hall–Kier alpha value is -1.76. The molecule has 0 spiro atoms. The van der Waals surface area contributed by atoms with E-state index < -0.39 is 6.43 Å². The highest BCUT2D eigenvalue weighted by Gasteiger charge is 2.20. The van der Waals surface area contributed by atoms with Crippen LogP contribution in [0.2, 0.25) is 0 Å². The number of fused-ring (bicyclic) bond motifs is 1. The largest absolute Gasteiger partial charge is 0.354 e. The van der Waals surface area contributed by atoms with Crippen molar-refractivity contribution < 1.29 is 8.78 Å². The molecule has 0 bridgehead atoms. The van der Waals surface area contributed by atoms with Crippen molar-refractivity contribution in [2.45, 2.75) is 26.3 Å². The van der Waals surface area contributed by atoms with Gasteiger partial charge in [0.25, 0.3) is 6.43 Å². The van der Waals surface area contributed by atoms with Gasteiger partial charge in [-0.15, -0.1) is 0 Å². The number of pyridine rings is 1. The molecule has 1 aliphatic heterocycles. The zero-order valence-corrected chi connectivity index (χ0v) is 12.0. The van der Waals surface area contributed by atoms with E-state index in [1.807, 2.05) is 11.8 Å². The first-order chi connectivity index (χ1) is 10.2. The van der Waals surface area contributed by atoms with E-state index in [4.69, 9.17) is 0 Å². The highest BCUT2D eigenvalue weighted by molar-refractivity contribution is 5.81. The van der Waals surface area contributed by atoms with E-state index in [1.54, 1.807) is 10.9 Å². The number of hydrogen-bond donors (Lipinski definition) is 1. The number of alkyl halides is 2. The predicted molar refractivity (Wildman–Crippen MR) is 77.9 cm³/mol. The molecule has 0 aliphatic carbocycles. The molecule has 5 nitrogen and oxygen atoms in total. The summed E-state index contributed by atoms with van der Waals surface area (Å²) in [6.45, 7) is 5.97. The van der Waals surface area contributed by atoms with Crippen LogP contribution in [0.3, 0.4) is 0 Å². The van der Waals surface area contributed by atoms with Gasteiger partial charge in [-0.1, -0.05) is 6.92 Å². The average molecular weight is 295 g/mol. The van der Waals surface area contributed by atoms with Crippen LogP contribution in [0.15, 0.2) is 12.3 Å². The van der Waals surface area contributed by atoms with Crippen molar-refractivity contribution in [3.8, 4) is 0 Å². The molecule has 0 radical (unpaired) electrons. The van der Waals surface area contributed by atoms with Gasteiger partial charge in [-0.05, 0) is 12.5 Å². The Kier molecular flexibility index (Phi) is 4.01. The molecular weight excluding hydrogens is 276 g/mol. The van der Waals surface area contributed by atoms with Gasteiger partial charge < -0.3 is 10.2 Å². The number of rotatable bonds is 4. The number of nitrogens with zero attached hydrogens (tertiary/aromatic N) is 4. The molecule has 1 fully saturated rings. The summed E-state index contributed by atoms with van der Waals surface area (Å²) in [4.78, 5) is 6.51. The molecule has 114 valence electrons. The standard InChI is InChI=1S/C14H19F2N5/c1-2-5-21-9-11-10(13(15)16)8-12(18-14(11)19-21)20-6-3-17-4-7-20/h8-9,13,17H,2-7H2,1H3. The van der Waals surface area contributed by atoms with E-state index in [1.165, 1.54) is 6.07 Å². The molecule has 1 aliphatic rings. The van der Waals surface area contributed by atoms with E-state index in [9.17, 15) is 8.78 Å². The molecule has 3 heterocycles. The van der Waals surface area contributed by atoms with Crippen molar-refractivity contribution in [1.82, 2.24) is 20.1 Å². The minimum absolute atomic E-state index is 0.0240. The maximum Gasteiger partial charge on any atom is 0.264 e. The summed E-state index contributed by atoms with van der Waals surface area (Å²) in [6, 6.07) is 1.51. The Bertz CT molecular complexity index is 619. The van der Waals surface area contributed by atoms with Crippen molar-refractivity contribution in [2.24, 2.45) is 0 Å². The molecular formula is C14H19F2N5. The topological polar surface area (TPSA) is 46.0 Å². The Morgan fingerprint density at radius 2 is 2.10 bits per heavy atom. The van der Waals surface area contributed by atoms with E-state index >= 15 is 0 Å². The summed E-state index contributed by atoms with van der Waals surface area (Å²) in [5.74, 6) is 0.598. The van der Waals surface area contributed by atoms with Crippen LogP contribution in [-0.2, 0) is 6.54 Å². The minimum atomic E-state index is -2.52. The number of hydrogen-bond acceptors (Lipinski definition) is 4. The quantitative estimate of drug-likeness (QED) is 0.939. The summed E-state index contributed by atoms with van der Waals surface area (Å²) in [5.41, 5.74) is 0.436. The molecule has 2 aromatic heterocycles. The van der Waals surface area contributed by atoms with E-state index in [0.717, 1.165) is 32.6 Å². The maximum atomic E-state index is 13.3. The zero-order chi connectivity index (χ0) is 14.8. The predicted octanol–water partition coefficient (Wildman–Crippen LogP) is 2.19. The van der Waals surface area contributed by atoms with Crippen LogP contribution in [0.25, 0.3) is 11.0 Å². The Morgan fingerprint density at radius 3 is 2.76 bits per heavy atom. The Morgan fingerprint density at radius 1 is 1.33 bits per heavy atom. The molecule has 1 N–H and O–H groups in total. The highest BCUT2D eigenvalue weighted by Crippen LogP contribution is 2.30. The van der Waals surface area contributed by atoms with Gasteiger partial charge in [-0.25, -0.2) is 13.8 Å². The van der Waals surface area contributed by atoms with Crippen LogP contribution in [0.5, 0.6) is 0 Å². The molecule has 1 saturated heterocycles. The van der Waals surface area contributed by atoms with Crippen molar-refractivity contribution in [2.75, 3.05) is 31.1 Å². The number of anilines is 1. The fraction of sp³-hybridized carbons (Fsp3) is 0.571. The lowest BCUT2D eigenvalue weighted by Crippen LogP contribution is -2.43. The summed E-state index contributed by atoms with van der Waals surface area (Å²) in [7, 11) is 0. The van der Waals surface area contributed by atoms with Gasteiger partial charge in [0.05, 0.1) is 0 Å². The van der Waals surface area contributed by atoms with Crippen LogP contribution < -0.4 is 10.2 Å². The van der Waals surface area contributed by atoms with Crippen LogP contribution in [0.1, 0.15) is 25.3 Å². The van der Waals surface area contributed by atoms with Crippen molar-refractivity contribution in [3.05, 3.63) is 17.8 Å². The van der Waals surface area contributed by atoms with Crippen LogP contribution in [0.4, 0.5) is 14.6 Å². The Labute approximate surface area is 121 Å². The lowest BCUT2D eigenvalue weighted by Gasteiger charge is -2.28. The van der Waals surface area contributed by atoms with E-state index in [-0.39, 0.29) is 5.56 Å². The number of piperazine rings is 1. The van der Waals surface area contributed by atoms with Gasteiger partial charge in [-0.3, -0.25) is 4.68 Å². The van der Waals surface area contributed by atoms with Crippen molar-refractivity contribution in [1.29, 1.82) is 0 Å². The third kappa shape index (κ3) is 2.83. The summed E-state index contributed by atoms with van der Waals surface area (Å²) >= 11 is 0. The number of halogens is 2. The zero-order valence-electron chi connectivity index (χ0n) is 12.0. The van der Waals surface area contributed by atoms with E-state index in [0.29, 0.717) is 23.4 Å². The fourth-order valence-corrected chi connectivity index (χ4v) is 2.64. The molecule has 0 saturated carbocycles. The summed E-state index contributed by atoms with van der Waals surface area (Å²) in [5, 5.41) is 8.03. The molecule has 0 amide bonds. The first-order valence-corrected chi connectivity index (χ1v) is 7.31. The number of aromatic nitrogens is 3. The fourth-order valence-electron chi connectivity index (χ4n) is 2.64. The highest BCUT2D eigenvalue weighted by atomic mass is 19.3. The van der Waals surface area contributed by atoms with Crippen LogP contribution in [0, 0.1) is 0 Å². The smallest absolute Gasteiger partial charge is 0.264 e. The van der Waals surface area contributed by atoms with Gasteiger partial charge in [0.2, 0.25) is 0 Å². The van der Waals surface area contributed by atoms with Gasteiger partial charge in [0.1, 0.15) is 5.82 Å². The molecule has 21 heavy (non-hydrogen) atoms. The second-order valence-corrected chi connectivity index (χ2v) is 5.24. The van der Waals surface area contributed by atoms with Crippen molar-refractivity contribution >= 4 is 16.9 Å². The van der Waals surface area contributed by atoms with Gasteiger partial charge in [0, 0.05) is 49.9 Å². The molecule has 3 rings (SSSR count). The van der Waals surface area contributed by atoms with Crippen LogP contribution >= 0.6 is 0 Å². The van der Waals surface area contributed by atoms with Gasteiger partial charge in [-0.2, -0.15) is 5.10 Å². The van der Waals surface area contributed by atoms with Gasteiger partial charge in [0.15, 0.2) is 5.65 Å². The lowest BCUT2D eigenvalue weighted by molar-refractivity contribution is 0.153. The summed E-state index contributed by atoms with van der Waals surface area (Å²) < 4.78 is 28.4. The summed E-state index contributed by atoms with van der Waals surface area (Å²) in [6.07, 6.45) is 0.0637. The second kappa shape index (κ2) is 5.93. The maximum absolute atomic E-state index is 13.3. The first kappa shape index (κ1) is 14.2. The SMILES string of the molecule is CCCn1cc2c(C(F)F)cc(N3CCNCC3)nc2n1. The minimum Gasteiger partial charge on any atom is -0.354 e. The molecule has 0 atom stereocenters. The number of nitrogens with one attached hydrogen (secondary N) is 1. The molecule has 2 aromatic rings. The third-order valence-electron chi connectivity index (χ3n) is 3.69. The van der Waals surface area contributed by atoms with Gasteiger partial charge >= 0.3 is 0 Å². The normalized spacial score (nSPS) is 16.1. The molecule has 0 unspecified atom stereocenters.